The molecule has 0 fully saturated rings. The van der Waals surface area contributed by atoms with Crippen LogP contribution in [0.1, 0.15) is 13.3 Å². The van der Waals surface area contributed by atoms with Crippen molar-refractivity contribution in [1.82, 2.24) is 0 Å². The molecule has 0 aliphatic rings. The Kier molecular flexibility index (Phi) is 3.94. The fourth-order valence-corrected chi connectivity index (χ4v) is 0.288. The highest BCUT2D eigenvalue weighted by atomic mass is 19.1. The van der Waals surface area contributed by atoms with Gasteiger partial charge in [0.15, 0.2) is 0 Å². The monoisotopic (exact) mass is 116 g/mol. The topological polar surface area (TPSA) is 9.23 Å². The minimum Gasteiger partial charge on any atom is -0.440 e. The molecule has 2 heteroatoms. The van der Waals surface area contributed by atoms with Gasteiger partial charge in [-0.15, -0.1) is 0 Å². The third-order valence-corrected chi connectivity index (χ3v) is 0.561. The van der Waals surface area contributed by atoms with Gasteiger partial charge in [0.2, 0.25) is 0 Å². The number of allylic oxidation sites excluding steroid dienone is 1. The van der Waals surface area contributed by atoms with Gasteiger partial charge in [-0.2, -0.15) is 4.39 Å². The molecular weight excluding hydrogens is 107 g/mol. The summed E-state index contributed by atoms with van der Waals surface area (Å²) in [6.07, 6.45) is 3.03. The van der Waals surface area contributed by atoms with Crippen LogP contribution in [-0.2, 0) is 4.74 Å². The lowest BCUT2D eigenvalue weighted by atomic mass is 10.5. The minimum absolute atomic E-state index is 0.581. The van der Waals surface area contributed by atoms with E-state index >= 15 is 0 Å². The Bertz CT molecular complexity index is 96.7. The van der Waals surface area contributed by atoms with E-state index in [0.29, 0.717) is 6.42 Å². The molecule has 0 N–H and O–H groups in total. The molecule has 1 nitrogen and oxygen atoms in total. The molecule has 0 rings (SSSR count). The van der Waals surface area contributed by atoms with Crippen LogP contribution in [0, 0.1) is 0 Å². The molecule has 0 bridgehead atoms. The summed E-state index contributed by atoms with van der Waals surface area (Å²) in [6, 6.07) is -0.581. The summed E-state index contributed by atoms with van der Waals surface area (Å²) in [7, 11) is 0. The lowest BCUT2D eigenvalue weighted by Gasteiger charge is -1.90. The normalized spacial score (nSPS) is 11.0. The second kappa shape index (κ2) is 4.37. The molecule has 0 heterocycles. The number of hydrogen-bond donors (Lipinski definition) is 0. The lowest BCUT2D eigenvalue weighted by Crippen LogP contribution is -1.72. The van der Waals surface area contributed by atoms with Crippen molar-refractivity contribution in [1.29, 1.82) is 0 Å². The van der Waals surface area contributed by atoms with Gasteiger partial charge in [-0.05, 0) is 12.5 Å². The molecule has 0 saturated heterocycles. The van der Waals surface area contributed by atoms with Crippen LogP contribution in [0.4, 0.5) is 4.39 Å². The van der Waals surface area contributed by atoms with Crippen LogP contribution in [0.2, 0.25) is 0 Å². The van der Waals surface area contributed by atoms with Crippen molar-refractivity contribution in [2.24, 2.45) is 0 Å². The molecule has 0 aromatic heterocycles. The molecule has 8 heavy (non-hydrogen) atoms. The van der Waals surface area contributed by atoms with E-state index in [4.69, 9.17) is 0 Å². The van der Waals surface area contributed by atoms with Gasteiger partial charge in [0.05, 0.1) is 6.26 Å². The van der Waals surface area contributed by atoms with E-state index in [9.17, 15) is 4.39 Å². The number of rotatable bonds is 3. The smallest absolute Gasteiger partial charge is 0.273 e. The molecule has 0 spiro atoms. The predicted octanol–water partition coefficient (Wildman–Crippen LogP) is 2.37. The van der Waals surface area contributed by atoms with Crippen LogP contribution in [0.25, 0.3) is 0 Å². The first kappa shape index (κ1) is 7.21. The first-order valence-corrected chi connectivity index (χ1v) is 2.44. The predicted molar refractivity (Wildman–Crippen MR) is 30.8 cm³/mol. The van der Waals surface area contributed by atoms with Gasteiger partial charge in [-0.3, -0.25) is 0 Å². The molecule has 0 aliphatic carbocycles. The van der Waals surface area contributed by atoms with Gasteiger partial charge in [0, 0.05) is 0 Å². The van der Waals surface area contributed by atoms with Crippen molar-refractivity contribution in [2.45, 2.75) is 13.3 Å². The number of halogens is 1. The molecule has 0 radical (unpaired) electrons. The van der Waals surface area contributed by atoms with Gasteiger partial charge >= 0.3 is 0 Å². The van der Waals surface area contributed by atoms with Crippen LogP contribution >= 0.6 is 0 Å². The van der Waals surface area contributed by atoms with E-state index in [1.165, 1.54) is 6.08 Å². The van der Waals surface area contributed by atoms with Crippen LogP contribution < -0.4 is 0 Å². The SMILES string of the molecule is C=CO/C(F)=C\CC. The molecular formula is C6H9FO. The zero-order chi connectivity index (χ0) is 6.41. The zero-order valence-electron chi connectivity index (χ0n) is 4.86. The van der Waals surface area contributed by atoms with Crippen LogP contribution in [0.5, 0.6) is 0 Å². The molecule has 0 saturated carbocycles. The third-order valence-electron chi connectivity index (χ3n) is 0.561. The molecule has 46 valence electrons. The Balaban J connectivity index is 3.44. The Morgan fingerprint density at radius 2 is 2.50 bits per heavy atom. The lowest BCUT2D eigenvalue weighted by molar-refractivity contribution is 0.246. The van der Waals surface area contributed by atoms with Gasteiger partial charge in [-0.1, -0.05) is 13.5 Å². The van der Waals surface area contributed by atoms with Crippen molar-refractivity contribution in [2.75, 3.05) is 0 Å². The van der Waals surface area contributed by atoms with Crippen molar-refractivity contribution in [3.05, 3.63) is 24.9 Å². The van der Waals surface area contributed by atoms with Gasteiger partial charge in [-0.25, -0.2) is 0 Å². The maximum Gasteiger partial charge on any atom is 0.273 e. The summed E-state index contributed by atoms with van der Waals surface area (Å²) in [4.78, 5) is 0. The summed E-state index contributed by atoms with van der Waals surface area (Å²) in [5.74, 6) is 0. The number of hydrogen-bond acceptors (Lipinski definition) is 1. The highest BCUT2D eigenvalue weighted by molar-refractivity contribution is 4.82. The highest BCUT2D eigenvalue weighted by Gasteiger charge is 1.85. The fourth-order valence-electron chi connectivity index (χ4n) is 0.288. The Hall–Kier alpha value is -0.790. The van der Waals surface area contributed by atoms with Crippen LogP contribution in [0.15, 0.2) is 24.9 Å². The summed E-state index contributed by atoms with van der Waals surface area (Å²) < 4.78 is 16.2. The fraction of sp³-hybridized carbons (Fsp3) is 0.333. The second-order valence-corrected chi connectivity index (χ2v) is 1.20. The first-order valence-electron chi connectivity index (χ1n) is 2.44. The van der Waals surface area contributed by atoms with Crippen molar-refractivity contribution >= 4 is 0 Å². The van der Waals surface area contributed by atoms with E-state index in [1.807, 2.05) is 6.92 Å². The molecule has 0 aliphatic heterocycles. The van der Waals surface area contributed by atoms with Crippen molar-refractivity contribution in [3.8, 4) is 0 Å². The average molecular weight is 116 g/mol. The van der Waals surface area contributed by atoms with E-state index in [1.54, 1.807) is 0 Å². The van der Waals surface area contributed by atoms with E-state index < -0.39 is 6.01 Å². The van der Waals surface area contributed by atoms with Gasteiger partial charge in [0.1, 0.15) is 0 Å². The Morgan fingerprint density at radius 1 is 1.88 bits per heavy atom. The maximum absolute atomic E-state index is 12.0. The average Bonchev–Trinajstić information content (AvgIpc) is 1.68. The summed E-state index contributed by atoms with van der Waals surface area (Å²) in [5.41, 5.74) is 0. The van der Waals surface area contributed by atoms with Gasteiger partial charge in [0.25, 0.3) is 6.01 Å². The third kappa shape index (κ3) is 3.40. The summed E-state index contributed by atoms with van der Waals surface area (Å²) in [6.45, 7) is 5.01. The largest absolute Gasteiger partial charge is 0.440 e. The standard InChI is InChI=1S/C6H9FO/c1-3-5-6(7)8-4-2/h4-5H,2-3H2,1H3/b6-5-. The molecule has 0 aromatic rings. The van der Waals surface area contributed by atoms with Crippen LogP contribution in [-0.4, -0.2) is 0 Å². The number of ether oxygens (including phenoxy) is 1. The molecule has 0 unspecified atom stereocenters. The molecule has 0 aromatic carbocycles. The summed E-state index contributed by atoms with van der Waals surface area (Å²) >= 11 is 0. The second-order valence-electron chi connectivity index (χ2n) is 1.20. The highest BCUT2D eigenvalue weighted by Crippen LogP contribution is 1.99. The van der Waals surface area contributed by atoms with E-state index in [2.05, 4.69) is 11.3 Å². The zero-order valence-corrected chi connectivity index (χ0v) is 4.86. The van der Waals surface area contributed by atoms with Gasteiger partial charge < -0.3 is 4.74 Å². The van der Waals surface area contributed by atoms with Crippen LogP contribution in [0.3, 0.4) is 0 Å². The molecule has 0 amide bonds. The Labute approximate surface area is 48.5 Å². The molecule has 0 atom stereocenters. The van der Waals surface area contributed by atoms with E-state index in [0.717, 1.165) is 6.26 Å². The Morgan fingerprint density at radius 3 is 2.88 bits per heavy atom. The van der Waals surface area contributed by atoms with Crippen molar-refractivity contribution < 1.29 is 9.13 Å². The van der Waals surface area contributed by atoms with Crippen molar-refractivity contribution in [3.63, 3.8) is 0 Å². The maximum atomic E-state index is 12.0. The van der Waals surface area contributed by atoms with E-state index in [-0.39, 0.29) is 0 Å². The first-order chi connectivity index (χ1) is 3.81. The quantitative estimate of drug-likeness (QED) is 0.514. The summed E-state index contributed by atoms with van der Waals surface area (Å²) in [5, 5.41) is 0. The minimum atomic E-state index is -0.581.